The maximum Gasteiger partial charge on any atom is 0.228 e. The molecule has 5 heteroatoms. The van der Waals surface area contributed by atoms with E-state index in [-0.39, 0.29) is 5.91 Å². The molecule has 0 bridgehead atoms. The number of hydrogen-bond donors (Lipinski definition) is 2. The van der Waals surface area contributed by atoms with Gasteiger partial charge >= 0.3 is 0 Å². The standard InChI is InChI=1S/C16H13Cl2NO2/c1-8-4-9(2-3-12(8)17)16(21)11-5-10-6-15(20)19-14(10)7-13(11)18/h2-5,7,16,21H,6H2,1H3,(H,19,20). The van der Waals surface area contributed by atoms with Gasteiger partial charge in [-0.25, -0.2) is 0 Å². The van der Waals surface area contributed by atoms with Crippen LogP contribution in [0, 0.1) is 6.92 Å². The number of aliphatic hydroxyl groups is 1. The molecule has 3 rings (SSSR count). The molecular formula is C16H13Cl2NO2. The lowest BCUT2D eigenvalue weighted by molar-refractivity contribution is -0.115. The quantitative estimate of drug-likeness (QED) is 0.881. The molecule has 0 aliphatic carbocycles. The number of fused-ring (bicyclic) bond motifs is 1. The topological polar surface area (TPSA) is 49.3 Å². The van der Waals surface area contributed by atoms with Gasteiger partial charge in [-0.3, -0.25) is 4.79 Å². The summed E-state index contributed by atoms with van der Waals surface area (Å²) in [6.07, 6.45) is -0.541. The number of anilines is 1. The van der Waals surface area contributed by atoms with Crippen LogP contribution in [-0.2, 0) is 11.2 Å². The first-order chi connectivity index (χ1) is 9.95. The van der Waals surface area contributed by atoms with Gasteiger partial charge < -0.3 is 10.4 Å². The van der Waals surface area contributed by atoms with E-state index >= 15 is 0 Å². The van der Waals surface area contributed by atoms with Gasteiger partial charge in [-0.05, 0) is 41.8 Å². The summed E-state index contributed by atoms with van der Waals surface area (Å²) in [6.45, 7) is 1.88. The summed E-state index contributed by atoms with van der Waals surface area (Å²) in [6, 6.07) is 8.82. The lowest BCUT2D eigenvalue weighted by Gasteiger charge is -2.15. The summed E-state index contributed by atoms with van der Waals surface area (Å²) in [4.78, 5) is 11.4. The van der Waals surface area contributed by atoms with Crippen molar-refractivity contribution in [3.05, 3.63) is 62.6 Å². The van der Waals surface area contributed by atoms with E-state index < -0.39 is 6.10 Å². The van der Waals surface area contributed by atoms with Crippen molar-refractivity contribution < 1.29 is 9.90 Å². The van der Waals surface area contributed by atoms with E-state index in [4.69, 9.17) is 23.2 Å². The fourth-order valence-electron chi connectivity index (χ4n) is 2.49. The third-order valence-electron chi connectivity index (χ3n) is 3.64. The summed E-state index contributed by atoms with van der Waals surface area (Å²) in [5.41, 5.74) is 3.77. The molecule has 1 atom stereocenters. The third-order valence-corrected chi connectivity index (χ3v) is 4.39. The molecule has 0 spiro atoms. The van der Waals surface area contributed by atoms with E-state index in [2.05, 4.69) is 5.32 Å². The fourth-order valence-corrected chi connectivity index (χ4v) is 2.88. The van der Waals surface area contributed by atoms with Crippen molar-refractivity contribution >= 4 is 34.8 Å². The van der Waals surface area contributed by atoms with Crippen molar-refractivity contribution in [3.8, 4) is 0 Å². The van der Waals surface area contributed by atoms with Gasteiger partial charge in [0.2, 0.25) is 5.91 Å². The molecule has 108 valence electrons. The Balaban J connectivity index is 2.02. The predicted octanol–water partition coefficient (Wildman–Crippen LogP) is 3.88. The molecule has 0 saturated carbocycles. The van der Waals surface area contributed by atoms with E-state index in [1.807, 2.05) is 13.0 Å². The molecule has 1 unspecified atom stereocenters. The van der Waals surface area contributed by atoms with E-state index in [1.54, 1.807) is 24.3 Å². The summed E-state index contributed by atoms with van der Waals surface area (Å²) in [5.74, 6) is -0.0601. The molecule has 1 amide bonds. The van der Waals surface area contributed by atoms with Crippen LogP contribution in [0.5, 0.6) is 0 Å². The predicted molar refractivity (Wildman–Crippen MR) is 84.0 cm³/mol. The maximum absolute atomic E-state index is 11.4. The van der Waals surface area contributed by atoms with Crippen molar-refractivity contribution in [3.63, 3.8) is 0 Å². The minimum atomic E-state index is -0.852. The van der Waals surface area contributed by atoms with Crippen LogP contribution in [0.2, 0.25) is 10.0 Å². The van der Waals surface area contributed by atoms with Crippen LogP contribution in [0.1, 0.15) is 28.4 Å². The number of carbonyl (C=O) groups is 1. The highest BCUT2D eigenvalue weighted by atomic mass is 35.5. The first-order valence-corrected chi connectivity index (χ1v) is 7.27. The van der Waals surface area contributed by atoms with Gasteiger partial charge in [-0.2, -0.15) is 0 Å². The molecule has 1 aliphatic heterocycles. The third kappa shape index (κ3) is 2.64. The molecular weight excluding hydrogens is 309 g/mol. The Morgan fingerprint density at radius 1 is 1.19 bits per heavy atom. The molecule has 0 saturated heterocycles. The summed E-state index contributed by atoms with van der Waals surface area (Å²) in [7, 11) is 0. The number of halogens is 2. The largest absolute Gasteiger partial charge is 0.384 e. The van der Waals surface area contributed by atoms with E-state index in [1.165, 1.54) is 0 Å². The van der Waals surface area contributed by atoms with E-state index in [0.29, 0.717) is 27.7 Å². The normalized spacial score (nSPS) is 14.8. The number of nitrogens with one attached hydrogen (secondary N) is 1. The average Bonchev–Trinajstić information content (AvgIpc) is 2.79. The Morgan fingerprint density at radius 2 is 1.95 bits per heavy atom. The molecule has 0 fully saturated rings. The molecule has 3 nitrogen and oxygen atoms in total. The number of carbonyl (C=O) groups excluding carboxylic acids is 1. The summed E-state index contributed by atoms with van der Waals surface area (Å²) < 4.78 is 0. The zero-order chi connectivity index (χ0) is 15.1. The summed E-state index contributed by atoms with van der Waals surface area (Å²) in [5, 5.41) is 14.4. The first-order valence-electron chi connectivity index (χ1n) is 6.52. The highest BCUT2D eigenvalue weighted by molar-refractivity contribution is 6.32. The van der Waals surface area contributed by atoms with Crippen molar-refractivity contribution in [1.29, 1.82) is 0 Å². The molecule has 2 N–H and O–H groups in total. The van der Waals surface area contributed by atoms with E-state index in [9.17, 15) is 9.90 Å². The van der Waals surface area contributed by atoms with Crippen molar-refractivity contribution in [2.75, 3.05) is 5.32 Å². The van der Waals surface area contributed by atoms with Crippen LogP contribution in [-0.4, -0.2) is 11.0 Å². The molecule has 0 radical (unpaired) electrons. The Hall–Kier alpha value is -1.55. The number of rotatable bonds is 2. The highest BCUT2D eigenvalue weighted by Crippen LogP contribution is 2.35. The molecule has 1 aliphatic rings. The van der Waals surface area contributed by atoms with Crippen LogP contribution in [0.4, 0.5) is 5.69 Å². The second kappa shape index (κ2) is 5.34. The van der Waals surface area contributed by atoms with Gasteiger partial charge in [0.15, 0.2) is 0 Å². The van der Waals surface area contributed by atoms with Crippen LogP contribution in [0.3, 0.4) is 0 Å². The zero-order valence-electron chi connectivity index (χ0n) is 11.3. The van der Waals surface area contributed by atoms with Gasteiger partial charge in [0.05, 0.1) is 6.42 Å². The fraction of sp³-hybridized carbons (Fsp3) is 0.188. The van der Waals surface area contributed by atoms with Crippen LogP contribution >= 0.6 is 23.2 Å². The lowest BCUT2D eigenvalue weighted by Crippen LogP contribution is -2.03. The van der Waals surface area contributed by atoms with Gasteiger partial charge in [0, 0.05) is 21.3 Å². The highest BCUT2D eigenvalue weighted by Gasteiger charge is 2.23. The number of aliphatic hydroxyl groups excluding tert-OH is 1. The number of benzene rings is 2. The lowest BCUT2D eigenvalue weighted by atomic mass is 9.97. The number of hydrogen-bond acceptors (Lipinski definition) is 2. The van der Waals surface area contributed by atoms with Gasteiger partial charge in [-0.1, -0.05) is 35.3 Å². The molecule has 1 heterocycles. The van der Waals surface area contributed by atoms with Gasteiger partial charge in [0.1, 0.15) is 6.10 Å². The zero-order valence-corrected chi connectivity index (χ0v) is 12.8. The minimum absolute atomic E-state index is 0.0601. The average molecular weight is 322 g/mol. The Morgan fingerprint density at radius 3 is 2.67 bits per heavy atom. The Kier molecular flexibility index (Phi) is 3.66. The van der Waals surface area contributed by atoms with Crippen LogP contribution in [0.25, 0.3) is 0 Å². The molecule has 2 aromatic rings. The van der Waals surface area contributed by atoms with Crippen LogP contribution < -0.4 is 5.32 Å². The van der Waals surface area contributed by atoms with Crippen molar-refractivity contribution in [2.45, 2.75) is 19.4 Å². The van der Waals surface area contributed by atoms with Crippen molar-refractivity contribution in [2.24, 2.45) is 0 Å². The Labute approximate surface area is 132 Å². The Bertz CT molecular complexity index is 743. The summed E-state index contributed by atoms with van der Waals surface area (Å²) >= 11 is 12.2. The van der Waals surface area contributed by atoms with Gasteiger partial charge in [0.25, 0.3) is 0 Å². The maximum atomic E-state index is 11.4. The van der Waals surface area contributed by atoms with E-state index in [0.717, 1.165) is 16.7 Å². The smallest absolute Gasteiger partial charge is 0.228 e. The van der Waals surface area contributed by atoms with Gasteiger partial charge in [-0.15, -0.1) is 0 Å². The second-order valence-electron chi connectivity index (χ2n) is 5.17. The SMILES string of the molecule is Cc1cc(C(O)c2cc3c(cc2Cl)NC(=O)C3)ccc1Cl. The molecule has 21 heavy (non-hydrogen) atoms. The monoisotopic (exact) mass is 321 g/mol. The minimum Gasteiger partial charge on any atom is -0.384 e. The van der Waals surface area contributed by atoms with Crippen LogP contribution in [0.15, 0.2) is 30.3 Å². The first kappa shape index (κ1) is 14.4. The number of aryl methyl sites for hydroxylation is 1. The molecule has 0 aromatic heterocycles. The second-order valence-corrected chi connectivity index (χ2v) is 5.98. The van der Waals surface area contributed by atoms with Crippen molar-refractivity contribution in [1.82, 2.24) is 0 Å². The number of amides is 1. The molecule has 2 aromatic carbocycles.